The molecule has 0 saturated heterocycles. The summed E-state index contributed by atoms with van der Waals surface area (Å²) in [5.74, 6) is -0.0411. The predicted molar refractivity (Wildman–Crippen MR) is 64.9 cm³/mol. The van der Waals surface area contributed by atoms with Gasteiger partial charge in [-0.3, -0.25) is 4.79 Å². The molecule has 88 valence electrons. The second kappa shape index (κ2) is 4.21. The molecule has 3 nitrogen and oxygen atoms in total. The zero-order chi connectivity index (χ0) is 12.5. The van der Waals surface area contributed by atoms with Crippen LogP contribution in [-0.2, 0) is 11.3 Å². The van der Waals surface area contributed by atoms with Gasteiger partial charge < -0.3 is 4.90 Å². The van der Waals surface area contributed by atoms with E-state index in [2.05, 4.69) is 6.07 Å². The molecule has 0 aromatic heterocycles. The predicted octanol–water partition coefficient (Wildman–Crippen LogP) is 2.26. The molecular formula is C14H16N2O. The second-order valence-corrected chi connectivity index (χ2v) is 4.84. The second-order valence-electron chi connectivity index (χ2n) is 4.84. The quantitative estimate of drug-likeness (QED) is 0.796. The lowest BCUT2D eigenvalue weighted by Crippen LogP contribution is -2.32. The zero-order valence-corrected chi connectivity index (χ0v) is 10.2. The van der Waals surface area contributed by atoms with E-state index in [0.29, 0.717) is 19.4 Å². The van der Waals surface area contributed by atoms with Gasteiger partial charge in [-0.1, -0.05) is 29.8 Å². The van der Waals surface area contributed by atoms with Crippen molar-refractivity contribution in [3.05, 3.63) is 35.4 Å². The van der Waals surface area contributed by atoms with Gasteiger partial charge in [-0.05, 0) is 25.3 Å². The van der Waals surface area contributed by atoms with E-state index in [-0.39, 0.29) is 5.91 Å². The number of aryl methyl sites for hydroxylation is 1. The Morgan fingerprint density at radius 3 is 2.47 bits per heavy atom. The highest BCUT2D eigenvalue weighted by Gasteiger charge is 2.51. The normalized spacial score (nSPS) is 16.1. The number of hydrogen-bond donors (Lipinski definition) is 0. The number of nitrogens with zero attached hydrogens (tertiary/aromatic N) is 2. The van der Waals surface area contributed by atoms with Crippen molar-refractivity contribution in [3.63, 3.8) is 0 Å². The van der Waals surface area contributed by atoms with E-state index in [1.165, 1.54) is 5.56 Å². The van der Waals surface area contributed by atoms with Crippen LogP contribution in [-0.4, -0.2) is 17.9 Å². The number of amides is 1. The Morgan fingerprint density at radius 2 is 2.00 bits per heavy atom. The molecule has 1 aliphatic rings. The molecule has 2 rings (SSSR count). The maximum absolute atomic E-state index is 12.0. The van der Waals surface area contributed by atoms with Gasteiger partial charge in [0.25, 0.3) is 0 Å². The summed E-state index contributed by atoms with van der Waals surface area (Å²) in [7, 11) is 1.76. The largest absolute Gasteiger partial charge is 0.340 e. The summed E-state index contributed by atoms with van der Waals surface area (Å²) in [5.41, 5.74) is 1.60. The lowest BCUT2D eigenvalue weighted by molar-refractivity contribution is -0.134. The SMILES string of the molecule is Cc1ccc(CN(C)C(=O)C2(C#N)CC2)cc1. The average Bonchev–Trinajstić information content (AvgIpc) is 3.12. The van der Waals surface area contributed by atoms with Crippen molar-refractivity contribution in [2.45, 2.75) is 26.3 Å². The number of carbonyl (C=O) groups is 1. The van der Waals surface area contributed by atoms with Crippen LogP contribution in [0.5, 0.6) is 0 Å². The third-order valence-electron chi connectivity index (χ3n) is 3.26. The van der Waals surface area contributed by atoms with Gasteiger partial charge in [-0.15, -0.1) is 0 Å². The standard InChI is InChI=1S/C14H16N2O/c1-11-3-5-12(6-4-11)9-16(2)13(17)14(10-15)7-8-14/h3-6H,7-9H2,1-2H3. The Morgan fingerprint density at radius 1 is 1.41 bits per heavy atom. The highest BCUT2D eigenvalue weighted by molar-refractivity contribution is 5.88. The molecule has 0 spiro atoms. The molecule has 1 saturated carbocycles. The van der Waals surface area contributed by atoms with Crippen LogP contribution in [0.2, 0.25) is 0 Å². The van der Waals surface area contributed by atoms with Gasteiger partial charge in [-0.25, -0.2) is 0 Å². The number of carbonyl (C=O) groups excluding carboxylic acids is 1. The third kappa shape index (κ3) is 2.31. The maximum atomic E-state index is 12.0. The average molecular weight is 228 g/mol. The lowest BCUT2D eigenvalue weighted by Gasteiger charge is -2.19. The Bertz CT molecular complexity index is 466. The van der Waals surface area contributed by atoms with E-state index in [9.17, 15) is 4.79 Å². The summed E-state index contributed by atoms with van der Waals surface area (Å²) in [6, 6.07) is 10.2. The minimum absolute atomic E-state index is 0.0411. The molecule has 1 aromatic carbocycles. The first-order valence-electron chi connectivity index (χ1n) is 5.80. The fraction of sp³-hybridized carbons (Fsp3) is 0.429. The fourth-order valence-corrected chi connectivity index (χ4v) is 1.90. The van der Waals surface area contributed by atoms with Crippen molar-refractivity contribution >= 4 is 5.91 Å². The minimum atomic E-state index is -0.709. The van der Waals surface area contributed by atoms with Crippen molar-refractivity contribution in [3.8, 4) is 6.07 Å². The molecule has 0 aliphatic heterocycles. The van der Waals surface area contributed by atoms with Gasteiger partial charge in [0.1, 0.15) is 5.41 Å². The molecule has 0 radical (unpaired) electrons. The molecule has 0 bridgehead atoms. The van der Waals surface area contributed by atoms with E-state index in [1.54, 1.807) is 11.9 Å². The van der Waals surface area contributed by atoms with Crippen LogP contribution >= 0.6 is 0 Å². The molecule has 17 heavy (non-hydrogen) atoms. The Kier molecular flexibility index (Phi) is 2.89. The summed E-state index contributed by atoms with van der Waals surface area (Å²) in [6.07, 6.45) is 1.42. The summed E-state index contributed by atoms with van der Waals surface area (Å²) < 4.78 is 0. The lowest BCUT2D eigenvalue weighted by atomic mass is 10.1. The van der Waals surface area contributed by atoms with Crippen LogP contribution in [0.4, 0.5) is 0 Å². The van der Waals surface area contributed by atoms with Gasteiger partial charge in [0.2, 0.25) is 5.91 Å². The summed E-state index contributed by atoms with van der Waals surface area (Å²) in [5, 5.41) is 8.98. The number of hydrogen-bond acceptors (Lipinski definition) is 2. The summed E-state index contributed by atoms with van der Waals surface area (Å²) in [4.78, 5) is 13.7. The van der Waals surface area contributed by atoms with Gasteiger partial charge in [-0.2, -0.15) is 5.26 Å². The van der Waals surface area contributed by atoms with Gasteiger partial charge >= 0.3 is 0 Å². The van der Waals surface area contributed by atoms with Crippen molar-refractivity contribution in [2.75, 3.05) is 7.05 Å². The first kappa shape index (κ1) is 11.7. The van der Waals surface area contributed by atoms with E-state index < -0.39 is 5.41 Å². The van der Waals surface area contributed by atoms with Crippen LogP contribution in [0.3, 0.4) is 0 Å². The highest BCUT2D eigenvalue weighted by atomic mass is 16.2. The van der Waals surface area contributed by atoms with E-state index in [0.717, 1.165) is 5.56 Å². The van der Waals surface area contributed by atoms with E-state index in [4.69, 9.17) is 5.26 Å². The number of rotatable bonds is 3. The Labute approximate surface area is 102 Å². The number of benzene rings is 1. The molecule has 1 aliphatic carbocycles. The van der Waals surface area contributed by atoms with Crippen molar-refractivity contribution in [1.82, 2.24) is 4.90 Å². The molecule has 3 heteroatoms. The van der Waals surface area contributed by atoms with Gasteiger partial charge in [0, 0.05) is 13.6 Å². The van der Waals surface area contributed by atoms with Crippen molar-refractivity contribution in [1.29, 1.82) is 5.26 Å². The zero-order valence-electron chi connectivity index (χ0n) is 10.2. The molecule has 1 aromatic rings. The Balaban J connectivity index is 2.02. The molecule has 1 amide bonds. The Hall–Kier alpha value is -1.82. The molecular weight excluding hydrogens is 212 g/mol. The highest BCUT2D eigenvalue weighted by Crippen LogP contribution is 2.46. The monoisotopic (exact) mass is 228 g/mol. The molecule has 0 atom stereocenters. The molecule has 1 fully saturated rings. The van der Waals surface area contributed by atoms with Crippen LogP contribution in [0, 0.1) is 23.7 Å². The maximum Gasteiger partial charge on any atom is 0.243 e. The van der Waals surface area contributed by atoms with Gasteiger partial charge in [0.05, 0.1) is 6.07 Å². The summed E-state index contributed by atoms with van der Waals surface area (Å²) in [6.45, 7) is 2.61. The summed E-state index contributed by atoms with van der Waals surface area (Å²) >= 11 is 0. The molecule has 0 unspecified atom stereocenters. The van der Waals surface area contributed by atoms with Crippen LogP contribution in [0.25, 0.3) is 0 Å². The minimum Gasteiger partial charge on any atom is -0.340 e. The van der Waals surface area contributed by atoms with Crippen LogP contribution < -0.4 is 0 Å². The first-order chi connectivity index (χ1) is 8.07. The smallest absolute Gasteiger partial charge is 0.243 e. The fourth-order valence-electron chi connectivity index (χ4n) is 1.90. The first-order valence-corrected chi connectivity index (χ1v) is 5.80. The topological polar surface area (TPSA) is 44.1 Å². The van der Waals surface area contributed by atoms with Crippen LogP contribution in [0.15, 0.2) is 24.3 Å². The van der Waals surface area contributed by atoms with Crippen LogP contribution in [0.1, 0.15) is 24.0 Å². The van der Waals surface area contributed by atoms with Crippen molar-refractivity contribution in [2.24, 2.45) is 5.41 Å². The van der Waals surface area contributed by atoms with E-state index >= 15 is 0 Å². The van der Waals surface area contributed by atoms with Gasteiger partial charge in [0.15, 0.2) is 0 Å². The molecule has 0 N–H and O–H groups in total. The molecule has 0 heterocycles. The van der Waals surface area contributed by atoms with Crippen molar-refractivity contribution < 1.29 is 4.79 Å². The van der Waals surface area contributed by atoms with E-state index in [1.807, 2.05) is 31.2 Å². The third-order valence-corrected chi connectivity index (χ3v) is 3.26. The number of nitriles is 1.